The molecule has 1 aliphatic heterocycles. The van der Waals surface area contributed by atoms with Crippen LogP contribution in [0.1, 0.15) is 34.6 Å². The van der Waals surface area contributed by atoms with Crippen LogP contribution in [-0.4, -0.2) is 34.4 Å². The van der Waals surface area contributed by atoms with Gasteiger partial charge in [0.15, 0.2) is 5.82 Å². The first-order valence-electron chi connectivity index (χ1n) is 7.08. The molecule has 1 fully saturated rings. The van der Waals surface area contributed by atoms with Crippen LogP contribution in [0.25, 0.3) is 0 Å². The Kier molecular flexibility index (Phi) is 3.81. The highest BCUT2D eigenvalue weighted by molar-refractivity contribution is 5.97. The molecular formula is C15H17N3O4. The number of phenolic OH excluding ortho intramolecular Hbond substituents is 1. The van der Waals surface area contributed by atoms with E-state index in [0.29, 0.717) is 37.4 Å². The number of ether oxygens (including phenoxy) is 1. The van der Waals surface area contributed by atoms with Crippen molar-refractivity contribution in [3.05, 3.63) is 41.5 Å². The summed E-state index contributed by atoms with van der Waals surface area (Å²) >= 11 is 0. The fraction of sp³-hybridized carbons (Fsp3) is 0.400. The molecule has 1 aliphatic rings. The molecule has 22 heavy (non-hydrogen) atoms. The normalized spacial score (nSPS) is 17.1. The highest BCUT2D eigenvalue weighted by atomic mass is 16.5. The first kappa shape index (κ1) is 14.5. The number of nitrogens with zero attached hydrogens (tertiary/aromatic N) is 2. The molecule has 0 aliphatic carbocycles. The second-order valence-electron chi connectivity index (χ2n) is 5.37. The molecule has 0 spiro atoms. The lowest BCUT2D eigenvalue weighted by Gasteiger charge is -2.35. The second kappa shape index (κ2) is 5.76. The van der Waals surface area contributed by atoms with Crippen molar-refractivity contribution in [1.82, 2.24) is 15.5 Å². The van der Waals surface area contributed by atoms with E-state index in [2.05, 4.69) is 15.5 Å². The molecule has 0 atom stereocenters. The average Bonchev–Trinajstić information content (AvgIpc) is 3.06. The minimum atomic E-state index is -0.738. The number of aromatic hydroxyl groups is 1. The molecule has 1 aromatic heterocycles. The number of carbonyl (C=O) groups excluding carboxylic acids is 1. The van der Waals surface area contributed by atoms with Crippen LogP contribution >= 0.6 is 0 Å². The van der Waals surface area contributed by atoms with Crippen molar-refractivity contribution in [2.45, 2.75) is 25.3 Å². The molecule has 116 valence electrons. The molecule has 2 heterocycles. The molecule has 2 aromatic rings. The second-order valence-corrected chi connectivity index (χ2v) is 5.37. The van der Waals surface area contributed by atoms with Crippen molar-refractivity contribution in [2.24, 2.45) is 0 Å². The Bertz CT molecular complexity index is 663. The molecule has 1 saturated heterocycles. The highest BCUT2D eigenvalue weighted by Gasteiger charge is 2.40. The molecule has 0 radical (unpaired) electrons. The van der Waals surface area contributed by atoms with Crippen LogP contribution in [0.15, 0.2) is 29.1 Å². The van der Waals surface area contributed by atoms with Gasteiger partial charge in [0, 0.05) is 26.1 Å². The number of carbonyl (C=O) groups is 1. The molecule has 3 rings (SSSR count). The molecule has 7 nitrogen and oxygen atoms in total. The van der Waals surface area contributed by atoms with Gasteiger partial charge in [0.2, 0.25) is 6.39 Å². The predicted octanol–water partition coefficient (Wildman–Crippen LogP) is 1.52. The van der Waals surface area contributed by atoms with Crippen LogP contribution in [0.2, 0.25) is 0 Å². The number of rotatable bonds is 3. The number of phenols is 1. The van der Waals surface area contributed by atoms with E-state index in [9.17, 15) is 9.90 Å². The van der Waals surface area contributed by atoms with Crippen LogP contribution in [0.3, 0.4) is 0 Å². The van der Waals surface area contributed by atoms with Crippen molar-refractivity contribution in [2.75, 3.05) is 13.2 Å². The van der Waals surface area contributed by atoms with E-state index >= 15 is 0 Å². The standard InChI is InChI=1S/C15H17N3O4/c1-10-3-2-4-11(12(10)19)13(20)17-15(5-7-21-8-6-15)14-16-9-22-18-14/h2-4,9,19H,5-8H2,1H3,(H,17,20). The smallest absolute Gasteiger partial charge is 0.255 e. The number of hydrogen-bond acceptors (Lipinski definition) is 6. The molecule has 0 unspecified atom stereocenters. The van der Waals surface area contributed by atoms with Gasteiger partial charge in [0.25, 0.3) is 5.91 Å². The third kappa shape index (κ3) is 2.55. The van der Waals surface area contributed by atoms with Crippen molar-refractivity contribution < 1.29 is 19.2 Å². The summed E-state index contributed by atoms with van der Waals surface area (Å²) in [5.74, 6) is 0.0412. The zero-order chi connectivity index (χ0) is 15.6. The van der Waals surface area contributed by atoms with Gasteiger partial charge in [-0.15, -0.1) is 0 Å². The Morgan fingerprint density at radius 3 is 2.82 bits per heavy atom. The number of benzene rings is 1. The van der Waals surface area contributed by atoms with E-state index < -0.39 is 5.54 Å². The van der Waals surface area contributed by atoms with Gasteiger partial charge in [-0.05, 0) is 18.6 Å². The minimum Gasteiger partial charge on any atom is -0.507 e. The monoisotopic (exact) mass is 303 g/mol. The highest BCUT2D eigenvalue weighted by Crippen LogP contribution is 2.31. The lowest BCUT2D eigenvalue weighted by molar-refractivity contribution is 0.0305. The maximum absolute atomic E-state index is 12.6. The molecule has 1 amide bonds. The number of nitrogens with one attached hydrogen (secondary N) is 1. The zero-order valence-corrected chi connectivity index (χ0v) is 12.2. The predicted molar refractivity (Wildman–Crippen MR) is 76.3 cm³/mol. The summed E-state index contributed by atoms with van der Waals surface area (Å²) in [6, 6.07) is 5.06. The summed E-state index contributed by atoms with van der Waals surface area (Å²) in [4.78, 5) is 16.7. The maximum Gasteiger partial charge on any atom is 0.255 e. The third-order valence-electron chi connectivity index (χ3n) is 3.97. The van der Waals surface area contributed by atoms with Crippen LogP contribution < -0.4 is 5.32 Å². The van der Waals surface area contributed by atoms with E-state index in [1.165, 1.54) is 6.39 Å². The SMILES string of the molecule is Cc1cccc(C(=O)NC2(c3ncon3)CCOCC2)c1O. The Labute approximate surface area is 127 Å². The molecule has 2 N–H and O–H groups in total. The molecule has 7 heteroatoms. The average molecular weight is 303 g/mol. The van der Waals surface area contributed by atoms with Gasteiger partial charge in [-0.1, -0.05) is 17.3 Å². The summed E-state index contributed by atoms with van der Waals surface area (Å²) in [6.45, 7) is 2.73. The Morgan fingerprint density at radius 1 is 1.36 bits per heavy atom. The van der Waals surface area contributed by atoms with Crippen LogP contribution in [0.4, 0.5) is 0 Å². The number of amides is 1. The number of aryl methyl sites for hydroxylation is 1. The first-order valence-corrected chi connectivity index (χ1v) is 7.08. The van der Waals surface area contributed by atoms with E-state index in [0.717, 1.165) is 0 Å². The number of para-hydroxylation sites is 1. The van der Waals surface area contributed by atoms with E-state index in [-0.39, 0.29) is 17.2 Å². The molecule has 0 saturated carbocycles. The van der Waals surface area contributed by atoms with Crippen LogP contribution in [-0.2, 0) is 10.3 Å². The van der Waals surface area contributed by atoms with Crippen molar-refractivity contribution in [3.8, 4) is 5.75 Å². The summed E-state index contributed by atoms with van der Waals surface area (Å²) in [5, 5.41) is 16.9. The minimum absolute atomic E-state index is 0.0182. The summed E-state index contributed by atoms with van der Waals surface area (Å²) in [6.07, 6.45) is 2.33. The van der Waals surface area contributed by atoms with Crippen LogP contribution in [0, 0.1) is 6.92 Å². The van der Waals surface area contributed by atoms with Gasteiger partial charge >= 0.3 is 0 Å². The van der Waals surface area contributed by atoms with Crippen molar-refractivity contribution in [3.63, 3.8) is 0 Å². The van der Waals surface area contributed by atoms with Crippen molar-refractivity contribution >= 4 is 5.91 Å². The fourth-order valence-corrected chi connectivity index (χ4v) is 2.63. The van der Waals surface area contributed by atoms with Gasteiger partial charge in [-0.25, -0.2) is 0 Å². The van der Waals surface area contributed by atoms with E-state index in [4.69, 9.17) is 9.26 Å². The lowest BCUT2D eigenvalue weighted by atomic mass is 9.88. The quantitative estimate of drug-likeness (QED) is 0.892. The summed E-state index contributed by atoms with van der Waals surface area (Å²) in [5.41, 5.74) is 0.140. The van der Waals surface area contributed by atoms with E-state index in [1.807, 2.05) is 0 Å². The zero-order valence-electron chi connectivity index (χ0n) is 12.2. The number of hydrogen-bond donors (Lipinski definition) is 2. The summed E-state index contributed by atoms with van der Waals surface area (Å²) in [7, 11) is 0. The molecular weight excluding hydrogens is 286 g/mol. The first-order chi connectivity index (χ1) is 10.6. The summed E-state index contributed by atoms with van der Waals surface area (Å²) < 4.78 is 10.2. The largest absolute Gasteiger partial charge is 0.507 e. The lowest BCUT2D eigenvalue weighted by Crippen LogP contribution is -2.50. The Balaban J connectivity index is 1.91. The van der Waals surface area contributed by atoms with Crippen molar-refractivity contribution in [1.29, 1.82) is 0 Å². The number of aromatic nitrogens is 2. The van der Waals surface area contributed by atoms with Gasteiger partial charge in [-0.3, -0.25) is 4.79 Å². The Hall–Kier alpha value is -2.41. The van der Waals surface area contributed by atoms with Crippen LogP contribution in [0.5, 0.6) is 5.75 Å². The van der Waals surface area contributed by atoms with E-state index in [1.54, 1.807) is 25.1 Å². The van der Waals surface area contributed by atoms with Gasteiger partial charge < -0.3 is 19.7 Å². The molecule has 0 bridgehead atoms. The topological polar surface area (TPSA) is 97.5 Å². The van der Waals surface area contributed by atoms with Gasteiger partial charge in [0.05, 0.1) is 5.56 Å². The Morgan fingerprint density at radius 2 is 2.14 bits per heavy atom. The van der Waals surface area contributed by atoms with Gasteiger partial charge in [0.1, 0.15) is 11.3 Å². The maximum atomic E-state index is 12.6. The molecule has 1 aromatic carbocycles. The fourth-order valence-electron chi connectivity index (χ4n) is 2.63. The third-order valence-corrected chi connectivity index (χ3v) is 3.97. The van der Waals surface area contributed by atoms with Gasteiger partial charge in [-0.2, -0.15) is 4.98 Å².